The van der Waals surface area contributed by atoms with Gasteiger partial charge in [0.2, 0.25) is 0 Å². The molecule has 0 saturated carbocycles. The minimum atomic E-state index is -0.0561. The van der Waals surface area contributed by atoms with Crippen LogP contribution in [-0.2, 0) is 17.7 Å². The third kappa shape index (κ3) is 4.55. The fourth-order valence-electron chi connectivity index (χ4n) is 3.67. The first-order chi connectivity index (χ1) is 14.7. The van der Waals surface area contributed by atoms with Crippen LogP contribution in [0.4, 0.5) is 5.69 Å². The van der Waals surface area contributed by atoms with Crippen LogP contribution in [-0.4, -0.2) is 49.1 Å². The zero-order valence-electron chi connectivity index (χ0n) is 17.5. The largest absolute Gasteiger partial charge is 0.378 e. The van der Waals surface area contributed by atoms with Crippen molar-refractivity contribution in [3.05, 3.63) is 70.7 Å². The number of hydrogen-bond donors (Lipinski definition) is 0. The lowest BCUT2D eigenvalue weighted by Gasteiger charge is -2.31. The summed E-state index contributed by atoms with van der Waals surface area (Å²) in [5, 5.41) is 2.73. The molecule has 0 unspecified atom stereocenters. The number of benzene rings is 2. The van der Waals surface area contributed by atoms with E-state index < -0.39 is 0 Å². The van der Waals surface area contributed by atoms with Crippen LogP contribution in [0.1, 0.15) is 28.5 Å². The van der Waals surface area contributed by atoms with Crippen molar-refractivity contribution in [2.75, 3.05) is 38.3 Å². The summed E-state index contributed by atoms with van der Waals surface area (Å²) in [6.07, 6.45) is 1.01. The molecule has 156 valence electrons. The number of carbonyl (C=O) groups excluding carboxylic acids is 1. The van der Waals surface area contributed by atoms with Gasteiger partial charge in [0, 0.05) is 43.3 Å². The fraction of sp³-hybridized carbons (Fsp3) is 0.333. The van der Waals surface area contributed by atoms with Crippen molar-refractivity contribution in [2.24, 2.45) is 0 Å². The standard InChI is InChI=1S/C24H27N3O2S/c1-3-18-8-10-19(11-9-18)23-25-21(17-30-23)24(28)26(2)16-20-6-4-5-7-22(20)27-12-14-29-15-13-27/h4-11,17H,3,12-16H2,1-2H3. The van der Waals surface area contributed by atoms with Gasteiger partial charge in [-0.2, -0.15) is 0 Å². The van der Waals surface area contributed by atoms with Crippen molar-refractivity contribution in [3.8, 4) is 10.6 Å². The maximum Gasteiger partial charge on any atom is 0.273 e. The summed E-state index contributed by atoms with van der Waals surface area (Å²) in [5.41, 5.74) is 5.17. The first kappa shape index (κ1) is 20.6. The number of anilines is 1. The maximum atomic E-state index is 13.0. The lowest BCUT2D eigenvalue weighted by Crippen LogP contribution is -2.37. The molecule has 0 aliphatic carbocycles. The number of rotatable bonds is 6. The first-order valence-corrected chi connectivity index (χ1v) is 11.2. The number of nitrogens with zero attached hydrogens (tertiary/aromatic N) is 3. The van der Waals surface area contributed by atoms with Crippen molar-refractivity contribution in [1.29, 1.82) is 0 Å². The summed E-state index contributed by atoms with van der Waals surface area (Å²) < 4.78 is 5.48. The summed E-state index contributed by atoms with van der Waals surface area (Å²) >= 11 is 1.51. The van der Waals surface area contributed by atoms with Crippen LogP contribution in [0.15, 0.2) is 53.9 Å². The van der Waals surface area contributed by atoms with E-state index in [1.165, 1.54) is 22.6 Å². The highest BCUT2D eigenvalue weighted by atomic mass is 32.1. The molecule has 6 heteroatoms. The van der Waals surface area contributed by atoms with E-state index in [1.807, 2.05) is 24.6 Å². The second kappa shape index (κ2) is 9.41. The van der Waals surface area contributed by atoms with Gasteiger partial charge in [-0.1, -0.05) is 49.4 Å². The molecule has 3 aromatic rings. The lowest BCUT2D eigenvalue weighted by molar-refractivity contribution is 0.0780. The number of amides is 1. The van der Waals surface area contributed by atoms with Gasteiger partial charge >= 0.3 is 0 Å². The third-order valence-electron chi connectivity index (χ3n) is 5.43. The lowest BCUT2D eigenvalue weighted by atomic mass is 10.1. The van der Waals surface area contributed by atoms with Gasteiger partial charge in [0.25, 0.3) is 5.91 Å². The van der Waals surface area contributed by atoms with Crippen LogP contribution in [0.3, 0.4) is 0 Å². The normalized spacial score (nSPS) is 14.0. The zero-order chi connectivity index (χ0) is 20.9. The Balaban J connectivity index is 1.47. The SMILES string of the molecule is CCc1ccc(-c2nc(C(=O)N(C)Cc3ccccc3N3CCOCC3)cs2)cc1. The Bertz CT molecular complexity index is 994. The Morgan fingerprint density at radius 1 is 1.13 bits per heavy atom. The van der Waals surface area contributed by atoms with E-state index in [0.29, 0.717) is 12.2 Å². The van der Waals surface area contributed by atoms with E-state index in [-0.39, 0.29) is 5.91 Å². The molecule has 0 N–H and O–H groups in total. The Hall–Kier alpha value is -2.70. The van der Waals surface area contributed by atoms with Gasteiger partial charge in [-0.3, -0.25) is 4.79 Å². The molecule has 0 bridgehead atoms. The first-order valence-electron chi connectivity index (χ1n) is 10.4. The minimum absolute atomic E-state index is 0.0561. The molecule has 1 aliphatic rings. The van der Waals surface area contributed by atoms with Gasteiger partial charge in [0.1, 0.15) is 10.7 Å². The van der Waals surface area contributed by atoms with E-state index >= 15 is 0 Å². The van der Waals surface area contributed by atoms with Crippen LogP contribution in [0, 0.1) is 0 Å². The molecule has 1 fully saturated rings. The Morgan fingerprint density at radius 2 is 1.87 bits per heavy atom. The number of thiazole rings is 1. The highest BCUT2D eigenvalue weighted by molar-refractivity contribution is 7.13. The molecule has 0 spiro atoms. The highest BCUT2D eigenvalue weighted by Gasteiger charge is 2.19. The van der Waals surface area contributed by atoms with Crippen LogP contribution in [0.25, 0.3) is 10.6 Å². The molecule has 1 saturated heterocycles. The van der Waals surface area contributed by atoms with Gasteiger partial charge in [-0.25, -0.2) is 4.98 Å². The van der Waals surface area contributed by atoms with Crippen LogP contribution < -0.4 is 4.90 Å². The topological polar surface area (TPSA) is 45.7 Å². The molecular weight excluding hydrogens is 394 g/mol. The van der Waals surface area contributed by atoms with E-state index in [4.69, 9.17) is 4.74 Å². The van der Waals surface area contributed by atoms with Crippen molar-refractivity contribution in [2.45, 2.75) is 19.9 Å². The quantitative estimate of drug-likeness (QED) is 0.589. The molecule has 2 aromatic carbocycles. The average Bonchev–Trinajstić information content (AvgIpc) is 3.30. The van der Waals surface area contributed by atoms with Gasteiger partial charge in [-0.05, 0) is 23.6 Å². The average molecular weight is 422 g/mol. The van der Waals surface area contributed by atoms with Crippen LogP contribution in [0.2, 0.25) is 0 Å². The smallest absolute Gasteiger partial charge is 0.273 e. The molecule has 0 atom stereocenters. The van der Waals surface area contributed by atoms with Gasteiger partial charge in [0.15, 0.2) is 0 Å². The van der Waals surface area contributed by atoms with Gasteiger partial charge in [0.05, 0.1) is 13.2 Å². The number of aryl methyl sites for hydroxylation is 1. The zero-order valence-corrected chi connectivity index (χ0v) is 18.3. The molecule has 30 heavy (non-hydrogen) atoms. The van der Waals surface area contributed by atoms with Crippen molar-refractivity contribution < 1.29 is 9.53 Å². The molecule has 4 rings (SSSR count). The summed E-state index contributed by atoms with van der Waals surface area (Å²) in [6, 6.07) is 16.7. The van der Waals surface area contributed by atoms with Crippen molar-refractivity contribution in [1.82, 2.24) is 9.88 Å². The molecule has 1 amide bonds. The van der Waals surface area contributed by atoms with Crippen molar-refractivity contribution in [3.63, 3.8) is 0 Å². The monoisotopic (exact) mass is 421 g/mol. The predicted octanol–water partition coefficient (Wildman–Crippen LogP) is 4.48. The van der Waals surface area contributed by atoms with E-state index in [2.05, 4.69) is 53.2 Å². The highest BCUT2D eigenvalue weighted by Crippen LogP contribution is 2.26. The fourth-order valence-corrected chi connectivity index (χ4v) is 4.47. The maximum absolute atomic E-state index is 13.0. The molecule has 5 nitrogen and oxygen atoms in total. The second-order valence-corrected chi connectivity index (χ2v) is 8.34. The predicted molar refractivity (Wildman–Crippen MR) is 122 cm³/mol. The van der Waals surface area contributed by atoms with E-state index in [9.17, 15) is 4.79 Å². The van der Waals surface area contributed by atoms with E-state index in [0.717, 1.165) is 48.9 Å². The molecule has 1 aliphatic heterocycles. The number of ether oxygens (including phenoxy) is 1. The van der Waals surface area contributed by atoms with Crippen LogP contribution >= 0.6 is 11.3 Å². The number of para-hydroxylation sites is 1. The van der Waals surface area contributed by atoms with Gasteiger partial charge in [-0.15, -0.1) is 11.3 Å². The summed E-state index contributed by atoms with van der Waals surface area (Å²) in [5.74, 6) is -0.0561. The molecule has 0 radical (unpaired) electrons. The van der Waals surface area contributed by atoms with E-state index in [1.54, 1.807) is 4.90 Å². The molecule has 2 heterocycles. The molecule has 1 aromatic heterocycles. The van der Waals surface area contributed by atoms with Gasteiger partial charge < -0.3 is 14.5 Å². The Labute approximate surface area is 181 Å². The minimum Gasteiger partial charge on any atom is -0.378 e. The summed E-state index contributed by atoms with van der Waals surface area (Å²) in [7, 11) is 1.84. The molecular formula is C24H27N3O2S. The number of morpholine rings is 1. The Morgan fingerprint density at radius 3 is 2.60 bits per heavy atom. The second-order valence-electron chi connectivity index (χ2n) is 7.48. The number of aromatic nitrogens is 1. The third-order valence-corrected chi connectivity index (χ3v) is 6.32. The number of carbonyl (C=O) groups is 1. The van der Waals surface area contributed by atoms with Crippen molar-refractivity contribution >= 4 is 22.9 Å². The summed E-state index contributed by atoms with van der Waals surface area (Å²) in [6.45, 7) is 5.92. The summed E-state index contributed by atoms with van der Waals surface area (Å²) in [4.78, 5) is 21.7. The Kier molecular flexibility index (Phi) is 6.45. The number of hydrogen-bond acceptors (Lipinski definition) is 5. The van der Waals surface area contributed by atoms with Crippen LogP contribution in [0.5, 0.6) is 0 Å².